The van der Waals surface area contributed by atoms with Gasteiger partial charge in [0.15, 0.2) is 12.6 Å². The molecule has 0 bridgehead atoms. The Balaban J connectivity index is 1.91. The van der Waals surface area contributed by atoms with Crippen molar-refractivity contribution in [1.82, 2.24) is 10.2 Å². The van der Waals surface area contributed by atoms with Crippen LogP contribution in [0.2, 0.25) is 0 Å². The number of hydrogen-bond acceptors (Lipinski definition) is 4. The molecule has 2 aromatic carbocycles. The Labute approximate surface area is 166 Å². The number of ether oxygens (including phenoxy) is 2. The van der Waals surface area contributed by atoms with E-state index in [4.69, 9.17) is 15.2 Å². The number of rotatable bonds is 10. The molecule has 0 aliphatic carbocycles. The first kappa shape index (κ1) is 21.1. The number of benzene rings is 2. The minimum Gasteiger partial charge on any atom is -0.492 e. The van der Waals surface area contributed by atoms with Gasteiger partial charge in [-0.15, -0.1) is 0 Å². The Kier molecular flexibility index (Phi) is 8.65. The van der Waals surface area contributed by atoms with Crippen LogP contribution in [0.5, 0.6) is 11.5 Å². The lowest BCUT2D eigenvalue weighted by molar-refractivity contribution is -0.119. The van der Waals surface area contributed by atoms with Gasteiger partial charge in [0, 0.05) is 13.6 Å². The molecule has 0 saturated carbocycles. The molecular formula is C21H28N4O3. The van der Waals surface area contributed by atoms with Gasteiger partial charge in [-0.2, -0.15) is 0 Å². The molecule has 0 atom stereocenters. The molecule has 0 aromatic heterocycles. The zero-order valence-corrected chi connectivity index (χ0v) is 16.4. The van der Waals surface area contributed by atoms with Gasteiger partial charge in [0.1, 0.15) is 18.1 Å². The summed E-state index contributed by atoms with van der Waals surface area (Å²) in [5, 5.41) is 3.28. The maximum atomic E-state index is 10.8. The van der Waals surface area contributed by atoms with Gasteiger partial charge in [-0.1, -0.05) is 30.3 Å². The lowest BCUT2D eigenvalue weighted by Gasteiger charge is -2.22. The third-order valence-corrected chi connectivity index (χ3v) is 3.83. The van der Waals surface area contributed by atoms with Crippen molar-refractivity contribution < 1.29 is 14.3 Å². The van der Waals surface area contributed by atoms with Crippen LogP contribution in [0.25, 0.3) is 0 Å². The van der Waals surface area contributed by atoms with E-state index in [1.54, 1.807) is 6.07 Å². The number of aliphatic imine (C=N–C) groups is 1. The quantitative estimate of drug-likeness (QED) is 0.483. The van der Waals surface area contributed by atoms with Crippen LogP contribution in [-0.4, -0.2) is 50.1 Å². The topological polar surface area (TPSA) is 89.2 Å². The highest BCUT2D eigenvalue weighted by Gasteiger charge is 2.06. The maximum absolute atomic E-state index is 10.8. The van der Waals surface area contributed by atoms with E-state index < -0.39 is 5.91 Å². The molecule has 2 aromatic rings. The van der Waals surface area contributed by atoms with Crippen molar-refractivity contribution in [3.8, 4) is 11.5 Å². The fraction of sp³-hybridized carbons (Fsp3) is 0.333. The Bertz CT molecular complexity index is 765. The van der Waals surface area contributed by atoms with Gasteiger partial charge in [-0.3, -0.25) is 4.79 Å². The van der Waals surface area contributed by atoms with E-state index in [-0.39, 0.29) is 6.61 Å². The largest absolute Gasteiger partial charge is 0.492 e. The molecule has 0 unspecified atom stereocenters. The SMILES string of the molecule is CCNC(=NCc1cccc(OCC(N)=O)c1)N(C)CCOc1ccccc1. The Morgan fingerprint density at radius 2 is 1.86 bits per heavy atom. The predicted octanol–water partition coefficient (Wildman–Crippen LogP) is 2.03. The summed E-state index contributed by atoms with van der Waals surface area (Å²) in [4.78, 5) is 17.5. The summed E-state index contributed by atoms with van der Waals surface area (Å²) in [6, 6.07) is 17.2. The maximum Gasteiger partial charge on any atom is 0.255 e. The number of amides is 1. The Morgan fingerprint density at radius 1 is 1.11 bits per heavy atom. The molecule has 0 radical (unpaired) electrons. The van der Waals surface area contributed by atoms with Gasteiger partial charge >= 0.3 is 0 Å². The summed E-state index contributed by atoms with van der Waals surface area (Å²) in [6.45, 7) is 4.40. The monoisotopic (exact) mass is 384 g/mol. The normalized spacial score (nSPS) is 11.0. The number of para-hydroxylation sites is 1. The van der Waals surface area contributed by atoms with Crippen molar-refractivity contribution in [2.45, 2.75) is 13.5 Å². The molecule has 2 rings (SSSR count). The van der Waals surface area contributed by atoms with Crippen molar-refractivity contribution in [1.29, 1.82) is 0 Å². The Hall–Kier alpha value is -3.22. The molecule has 0 saturated heterocycles. The van der Waals surface area contributed by atoms with E-state index in [2.05, 4.69) is 10.3 Å². The molecule has 150 valence electrons. The van der Waals surface area contributed by atoms with Gasteiger partial charge in [-0.25, -0.2) is 4.99 Å². The lowest BCUT2D eigenvalue weighted by atomic mass is 10.2. The number of guanidine groups is 1. The number of carbonyl (C=O) groups excluding carboxylic acids is 1. The molecule has 1 amide bonds. The molecule has 28 heavy (non-hydrogen) atoms. The van der Waals surface area contributed by atoms with Crippen molar-refractivity contribution >= 4 is 11.9 Å². The second-order valence-corrected chi connectivity index (χ2v) is 6.16. The number of primary amides is 1. The molecule has 0 aliphatic heterocycles. The standard InChI is InChI=1S/C21H28N4O3/c1-3-23-21(25(2)12-13-27-18-9-5-4-6-10-18)24-15-17-8-7-11-19(14-17)28-16-20(22)26/h4-11,14H,3,12-13,15-16H2,1-2H3,(H2,22,26)(H,23,24). The highest BCUT2D eigenvalue weighted by atomic mass is 16.5. The number of nitrogens with two attached hydrogens (primary N) is 1. The fourth-order valence-corrected chi connectivity index (χ4v) is 2.45. The first-order valence-corrected chi connectivity index (χ1v) is 9.26. The van der Waals surface area contributed by atoms with E-state index in [1.807, 2.05) is 67.4 Å². The summed E-state index contributed by atoms with van der Waals surface area (Å²) >= 11 is 0. The number of hydrogen-bond donors (Lipinski definition) is 2. The van der Waals surface area contributed by atoms with E-state index in [1.165, 1.54) is 0 Å². The summed E-state index contributed by atoms with van der Waals surface area (Å²) in [5.41, 5.74) is 6.09. The highest BCUT2D eigenvalue weighted by Crippen LogP contribution is 2.14. The Morgan fingerprint density at radius 3 is 2.57 bits per heavy atom. The van der Waals surface area contributed by atoms with E-state index in [0.29, 0.717) is 25.4 Å². The second kappa shape index (κ2) is 11.5. The molecule has 0 spiro atoms. The van der Waals surface area contributed by atoms with Crippen LogP contribution in [0.15, 0.2) is 59.6 Å². The molecule has 3 N–H and O–H groups in total. The third-order valence-electron chi connectivity index (χ3n) is 3.83. The van der Waals surface area contributed by atoms with E-state index in [0.717, 1.165) is 23.8 Å². The minimum absolute atomic E-state index is 0.139. The van der Waals surface area contributed by atoms with Gasteiger partial charge in [-0.05, 0) is 36.8 Å². The van der Waals surface area contributed by atoms with Crippen LogP contribution in [0.4, 0.5) is 0 Å². The van der Waals surface area contributed by atoms with Gasteiger partial charge < -0.3 is 25.4 Å². The number of nitrogens with zero attached hydrogens (tertiary/aromatic N) is 2. The molecule has 0 heterocycles. The summed E-state index contributed by atoms with van der Waals surface area (Å²) in [6.07, 6.45) is 0. The van der Waals surface area contributed by atoms with Crippen molar-refractivity contribution in [2.75, 3.05) is 33.4 Å². The number of carbonyl (C=O) groups is 1. The van der Waals surface area contributed by atoms with Crippen molar-refractivity contribution in [2.24, 2.45) is 10.7 Å². The van der Waals surface area contributed by atoms with Crippen molar-refractivity contribution in [3.05, 3.63) is 60.2 Å². The average molecular weight is 384 g/mol. The van der Waals surface area contributed by atoms with Gasteiger partial charge in [0.2, 0.25) is 0 Å². The van der Waals surface area contributed by atoms with Gasteiger partial charge in [0.25, 0.3) is 5.91 Å². The molecule has 0 aliphatic rings. The highest BCUT2D eigenvalue weighted by molar-refractivity contribution is 5.79. The molecule has 7 heteroatoms. The minimum atomic E-state index is -0.503. The van der Waals surface area contributed by atoms with E-state index >= 15 is 0 Å². The second-order valence-electron chi connectivity index (χ2n) is 6.16. The first-order chi connectivity index (χ1) is 13.6. The summed E-state index contributed by atoms with van der Waals surface area (Å²) in [5.74, 6) is 1.74. The van der Waals surface area contributed by atoms with Gasteiger partial charge in [0.05, 0.1) is 13.1 Å². The molecule has 0 fully saturated rings. The zero-order chi connectivity index (χ0) is 20.2. The first-order valence-electron chi connectivity index (χ1n) is 9.26. The van der Waals surface area contributed by atoms with Crippen LogP contribution in [0.1, 0.15) is 12.5 Å². The predicted molar refractivity (Wildman–Crippen MR) is 111 cm³/mol. The summed E-state index contributed by atoms with van der Waals surface area (Å²) < 4.78 is 11.1. The van der Waals surface area contributed by atoms with Crippen LogP contribution in [-0.2, 0) is 11.3 Å². The van der Waals surface area contributed by atoms with Crippen LogP contribution >= 0.6 is 0 Å². The van der Waals surface area contributed by atoms with Crippen LogP contribution in [0.3, 0.4) is 0 Å². The smallest absolute Gasteiger partial charge is 0.255 e. The summed E-state index contributed by atoms with van der Waals surface area (Å²) in [7, 11) is 1.97. The fourth-order valence-electron chi connectivity index (χ4n) is 2.45. The molecule has 7 nitrogen and oxygen atoms in total. The zero-order valence-electron chi connectivity index (χ0n) is 16.4. The van der Waals surface area contributed by atoms with Crippen molar-refractivity contribution in [3.63, 3.8) is 0 Å². The third kappa shape index (κ3) is 7.57. The average Bonchev–Trinajstić information content (AvgIpc) is 2.70. The van der Waals surface area contributed by atoms with E-state index in [9.17, 15) is 4.79 Å². The van der Waals surface area contributed by atoms with Crippen LogP contribution in [0, 0.1) is 0 Å². The van der Waals surface area contributed by atoms with Crippen LogP contribution < -0.4 is 20.5 Å². The number of nitrogens with one attached hydrogen (secondary N) is 1. The number of likely N-dealkylation sites (N-methyl/N-ethyl adjacent to an activating group) is 1. The molecular weight excluding hydrogens is 356 g/mol. The lowest BCUT2D eigenvalue weighted by Crippen LogP contribution is -2.40.